The van der Waals surface area contributed by atoms with Gasteiger partial charge in [-0.15, -0.1) is 0 Å². The van der Waals surface area contributed by atoms with Crippen LogP contribution in [-0.4, -0.2) is 5.78 Å². The van der Waals surface area contributed by atoms with Gasteiger partial charge in [0.15, 0.2) is 5.78 Å². The van der Waals surface area contributed by atoms with Gasteiger partial charge in [-0.3, -0.25) is 4.79 Å². The zero-order valence-electron chi connectivity index (χ0n) is 13.1. The van der Waals surface area contributed by atoms with Crippen molar-refractivity contribution in [2.75, 3.05) is 5.32 Å². The Morgan fingerprint density at radius 3 is 2.41 bits per heavy atom. The number of ketones is 1. The molecule has 114 valence electrons. The van der Waals surface area contributed by atoms with Gasteiger partial charge in [0, 0.05) is 22.3 Å². The predicted molar refractivity (Wildman–Crippen MR) is 96.5 cm³/mol. The van der Waals surface area contributed by atoms with E-state index in [1.165, 1.54) is 11.1 Å². The summed E-state index contributed by atoms with van der Waals surface area (Å²) in [6, 6.07) is 13.8. The van der Waals surface area contributed by atoms with E-state index in [0.29, 0.717) is 11.5 Å². The van der Waals surface area contributed by atoms with Crippen LogP contribution in [0.5, 0.6) is 0 Å². The maximum absolute atomic E-state index is 12.1. The van der Waals surface area contributed by atoms with Gasteiger partial charge in [-0.1, -0.05) is 44.2 Å². The first-order valence-electron chi connectivity index (χ1n) is 7.31. The summed E-state index contributed by atoms with van der Waals surface area (Å²) in [6.07, 6.45) is 3.23. The van der Waals surface area contributed by atoms with Crippen molar-refractivity contribution < 1.29 is 4.79 Å². The third-order valence-electron chi connectivity index (χ3n) is 3.46. The predicted octanol–water partition coefficient (Wildman–Crippen LogP) is 5.69. The summed E-state index contributed by atoms with van der Waals surface area (Å²) < 4.78 is 0.978. The van der Waals surface area contributed by atoms with Crippen LogP contribution in [0.15, 0.2) is 59.2 Å². The van der Waals surface area contributed by atoms with Crippen LogP contribution in [0.3, 0.4) is 0 Å². The van der Waals surface area contributed by atoms with E-state index in [-0.39, 0.29) is 5.78 Å². The van der Waals surface area contributed by atoms with Gasteiger partial charge in [-0.05, 0) is 52.0 Å². The Balaban J connectivity index is 2.02. The molecule has 0 unspecified atom stereocenters. The summed E-state index contributed by atoms with van der Waals surface area (Å²) >= 11 is 3.50. The number of benzene rings is 2. The van der Waals surface area contributed by atoms with Gasteiger partial charge >= 0.3 is 0 Å². The Kier molecular flexibility index (Phi) is 5.56. The Morgan fingerprint density at radius 1 is 1.14 bits per heavy atom. The lowest BCUT2D eigenvalue weighted by molar-refractivity contribution is 0.104. The molecule has 2 rings (SSSR count). The normalized spacial score (nSPS) is 11.1. The lowest BCUT2D eigenvalue weighted by Crippen LogP contribution is -1.97. The van der Waals surface area contributed by atoms with Gasteiger partial charge in [0.05, 0.1) is 5.69 Å². The minimum atomic E-state index is -0.00830. The Morgan fingerprint density at radius 2 is 1.82 bits per heavy atom. The molecule has 0 radical (unpaired) electrons. The minimum absolute atomic E-state index is 0.00830. The largest absolute Gasteiger partial charge is 0.361 e. The third kappa shape index (κ3) is 4.31. The molecular formula is C19H20BrNO. The number of allylic oxidation sites excluding steroid dienone is 1. The van der Waals surface area contributed by atoms with Crippen LogP contribution in [0.1, 0.15) is 41.3 Å². The monoisotopic (exact) mass is 357 g/mol. The molecule has 22 heavy (non-hydrogen) atoms. The standard InChI is InChI=1S/C19H20BrNO/c1-13(2)15-5-7-16(8-6-15)19(22)10-11-21-18-9-4-14(3)12-17(18)20/h4-13,21H,1-3H3. The fourth-order valence-corrected chi connectivity index (χ4v) is 2.68. The number of rotatable bonds is 5. The number of halogens is 1. The zero-order chi connectivity index (χ0) is 16.1. The summed E-state index contributed by atoms with van der Waals surface area (Å²) in [5, 5.41) is 3.12. The van der Waals surface area contributed by atoms with Crippen molar-refractivity contribution >= 4 is 27.4 Å². The fraction of sp³-hybridized carbons (Fsp3) is 0.211. The topological polar surface area (TPSA) is 29.1 Å². The summed E-state index contributed by atoms with van der Waals surface area (Å²) in [5.74, 6) is 0.464. The van der Waals surface area contributed by atoms with Crippen molar-refractivity contribution in [1.29, 1.82) is 0 Å². The summed E-state index contributed by atoms with van der Waals surface area (Å²) in [7, 11) is 0. The molecule has 0 aliphatic carbocycles. The van der Waals surface area contributed by atoms with Gasteiger partial charge in [0.25, 0.3) is 0 Å². The van der Waals surface area contributed by atoms with Crippen LogP contribution in [0.4, 0.5) is 5.69 Å². The number of hydrogen-bond donors (Lipinski definition) is 1. The number of carbonyl (C=O) groups excluding carboxylic acids is 1. The maximum Gasteiger partial charge on any atom is 0.187 e. The lowest BCUT2D eigenvalue weighted by atomic mass is 10.0. The van der Waals surface area contributed by atoms with Gasteiger partial charge in [0.1, 0.15) is 0 Å². The van der Waals surface area contributed by atoms with E-state index in [2.05, 4.69) is 35.1 Å². The first-order valence-corrected chi connectivity index (χ1v) is 8.10. The van der Waals surface area contributed by atoms with E-state index in [1.54, 1.807) is 12.3 Å². The van der Waals surface area contributed by atoms with Crippen LogP contribution in [0.25, 0.3) is 0 Å². The first kappa shape index (κ1) is 16.5. The quantitative estimate of drug-likeness (QED) is 0.550. The molecule has 0 aliphatic heterocycles. The van der Waals surface area contributed by atoms with Crippen molar-refractivity contribution in [3.8, 4) is 0 Å². The van der Waals surface area contributed by atoms with Crippen molar-refractivity contribution in [3.63, 3.8) is 0 Å². The summed E-state index contributed by atoms with van der Waals surface area (Å²) in [5.41, 5.74) is 4.06. The highest BCUT2D eigenvalue weighted by Gasteiger charge is 2.04. The summed E-state index contributed by atoms with van der Waals surface area (Å²) in [4.78, 5) is 12.1. The highest BCUT2D eigenvalue weighted by Crippen LogP contribution is 2.23. The van der Waals surface area contributed by atoms with Gasteiger partial charge in [0.2, 0.25) is 0 Å². The van der Waals surface area contributed by atoms with Crippen molar-refractivity contribution in [2.45, 2.75) is 26.7 Å². The molecule has 3 heteroatoms. The van der Waals surface area contributed by atoms with Crippen molar-refractivity contribution in [2.24, 2.45) is 0 Å². The molecule has 0 fully saturated rings. The summed E-state index contributed by atoms with van der Waals surface area (Å²) in [6.45, 7) is 6.31. The molecule has 0 aliphatic rings. The van der Waals surface area contributed by atoms with Crippen LogP contribution < -0.4 is 5.32 Å². The smallest absolute Gasteiger partial charge is 0.187 e. The molecule has 0 saturated carbocycles. The van der Waals surface area contributed by atoms with Crippen LogP contribution in [0, 0.1) is 6.92 Å². The lowest BCUT2D eigenvalue weighted by Gasteiger charge is -2.06. The molecule has 0 spiro atoms. The zero-order valence-corrected chi connectivity index (χ0v) is 14.6. The second kappa shape index (κ2) is 7.41. The number of nitrogens with one attached hydrogen (secondary N) is 1. The number of carbonyl (C=O) groups is 1. The highest BCUT2D eigenvalue weighted by molar-refractivity contribution is 9.10. The average molecular weight is 358 g/mol. The molecule has 1 N–H and O–H groups in total. The SMILES string of the molecule is Cc1ccc(NC=CC(=O)c2ccc(C(C)C)cc2)c(Br)c1. The van der Waals surface area contributed by atoms with E-state index >= 15 is 0 Å². The average Bonchev–Trinajstić information content (AvgIpc) is 2.49. The number of anilines is 1. The molecule has 0 bridgehead atoms. The van der Waals surface area contributed by atoms with Gasteiger partial charge in [-0.2, -0.15) is 0 Å². The van der Waals surface area contributed by atoms with Crippen LogP contribution in [0.2, 0.25) is 0 Å². The number of aryl methyl sites for hydroxylation is 1. The van der Waals surface area contributed by atoms with Crippen LogP contribution in [-0.2, 0) is 0 Å². The van der Waals surface area contributed by atoms with E-state index in [0.717, 1.165) is 10.2 Å². The molecule has 2 nitrogen and oxygen atoms in total. The second-order valence-electron chi connectivity index (χ2n) is 5.60. The Hall–Kier alpha value is -1.87. The highest BCUT2D eigenvalue weighted by atomic mass is 79.9. The van der Waals surface area contributed by atoms with Gasteiger partial charge < -0.3 is 5.32 Å². The third-order valence-corrected chi connectivity index (χ3v) is 4.12. The van der Waals surface area contributed by atoms with Crippen LogP contribution >= 0.6 is 15.9 Å². The van der Waals surface area contributed by atoms with E-state index in [1.807, 2.05) is 49.4 Å². The molecule has 2 aromatic carbocycles. The van der Waals surface area contributed by atoms with E-state index in [4.69, 9.17) is 0 Å². The van der Waals surface area contributed by atoms with Gasteiger partial charge in [-0.25, -0.2) is 0 Å². The fourth-order valence-electron chi connectivity index (χ4n) is 2.07. The van der Waals surface area contributed by atoms with Crippen molar-refractivity contribution in [3.05, 3.63) is 75.9 Å². The molecule has 0 saturated heterocycles. The Labute approximate surface area is 140 Å². The Bertz CT molecular complexity index is 687. The molecule has 0 atom stereocenters. The van der Waals surface area contributed by atoms with E-state index in [9.17, 15) is 4.79 Å². The molecular weight excluding hydrogens is 338 g/mol. The molecule has 2 aromatic rings. The molecule has 0 heterocycles. The van der Waals surface area contributed by atoms with Crippen molar-refractivity contribution in [1.82, 2.24) is 0 Å². The van der Waals surface area contributed by atoms with E-state index < -0.39 is 0 Å². The first-order chi connectivity index (χ1) is 10.5. The number of hydrogen-bond acceptors (Lipinski definition) is 2. The second-order valence-corrected chi connectivity index (χ2v) is 6.46. The maximum atomic E-state index is 12.1. The minimum Gasteiger partial charge on any atom is -0.361 e. The molecule has 0 amide bonds. The molecule has 0 aromatic heterocycles.